The van der Waals surface area contributed by atoms with Crippen LogP contribution in [-0.2, 0) is 14.3 Å². The molecule has 0 radical (unpaired) electrons. The summed E-state index contributed by atoms with van der Waals surface area (Å²) in [6.07, 6.45) is 54.9. The molecule has 292 valence electrons. The molecule has 0 spiro atoms. The van der Waals surface area contributed by atoms with Crippen LogP contribution in [0, 0.1) is 0 Å². The molecule has 4 nitrogen and oxygen atoms in total. The molecule has 0 saturated heterocycles. The van der Waals surface area contributed by atoms with Crippen molar-refractivity contribution in [1.29, 1.82) is 0 Å². The van der Waals surface area contributed by atoms with Crippen LogP contribution in [0.2, 0.25) is 0 Å². The summed E-state index contributed by atoms with van der Waals surface area (Å²) >= 11 is 0. The first-order chi connectivity index (χ1) is 24.6. The molecule has 0 amide bonds. The molecule has 0 fully saturated rings. The van der Waals surface area contributed by atoms with Crippen LogP contribution in [0.1, 0.15) is 239 Å². The van der Waals surface area contributed by atoms with Crippen LogP contribution in [-0.4, -0.2) is 23.1 Å². The second kappa shape index (κ2) is 41.6. The number of carbonyl (C=O) groups excluding carboxylic acids is 1. The number of carboxylic acid groups (broad SMARTS) is 1. The van der Waals surface area contributed by atoms with Gasteiger partial charge < -0.3 is 9.84 Å². The topological polar surface area (TPSA) is 63.6 Å². The second-order valence-corrected chi connectivity index (χ2v) is 14.9. The van der Waals surface area contributed by atoms with E-state index in [4.69, 9.17) is 9.84 Å². The third-order valence-electron chi connectivity index (χ3n) is 9.82. The van der Waals surface area contributed by atoms with E-state index in [0.717, 1.165) is 70.6 Å². The largest absolute Gasteiger partial charge is 0.481 e. The van der Waals surface area contributed by atoms with Gasteiger partial charge in [-0.15, -0.1) is 0 Å². The van der Waals surface area contributed by atoms with E-state index in [1.165, 1.54) is 141 Å². The van der Waals surface area contributed by atoms with Gasteiger partial charge >= 0.3 is 11.9 Å². The summed E-state index contributed by atoms with van der Waals surface area (Å²) < 4.78 is 5.91. The lowest BCUT2D eigenvalue weighted by Gasteiger charge is -2.14. The molecule has 0 aliphatic carbocycles. The van der Waals surface area contributed by atoms with Gasteiger partial charge in [0.1, 0.15) is 6.10 Å². The quantitative estimate of drug-likeness (QED) is 0.0393. The van der Waals surface area contributed by atoms with E-state index >= 15 is 0 Å². The van der Waals surface area contributed by atoms with Crippen molar-refractivity contribution in [3.8, 4) is 0 Å². The number of rotatable bonds is 40. The van der Waals surface area contributed by atoms with Crippen LogP contribution in [0.15, 0.2) is 36.5 Å². The van der Waals surface area contributed by atoms with Crippen molar-refractivity contribution in [2.24, 2.45) is 0 Å². The monoisotopic (exact) mass is 701 g/mol. The maximum atomic E-state index is 12.6. The van der Waals surface area contributed by atoms with E-state index in [2.05, 4.69) is 50.3 Å². The van der Waals surface area contributed by atoms with Gasteiger partial charge in [-0.25, -0.2) is 0 Å². The summed E-state index contributed by atoms with van der Waals surface area (Å²) in [5.74, 6) is -0.756. The molecule has 0 aromatic rings. The van der Waals surface area contributed by atoms with Crippen molar-refractivity contribution in [1.82, 2.24) is 0 Å². The highest BCUT2D eigenvalue weighted by atomic mass is 16.5. The Balaban J connectivity index is 3.87. The minimum absolute atomic E-state index is 0.0533. The fourth-order valence-electron chi connectivity index (χ4n) is 6.54. The molecule has 0 rings (SSSR count). The first kappa shape index (κ1) is 48.2. The van der Waals surface area contributed by atoms with Crippen LogP contribution in [0.4, 0.5) is 0 Å². The van der Waals surface area contributed by atoms with Crippen molar-refractivity contribution in [3.63, 3.8) is 0 Å². The minimum Gasteiger partial charge on any atom is -0.481 e. The molecule has 0 aliphatic heterocycles. The average Bonchev–Trinajstić information content (AvgIpc) is 3.10. The van der Waals surface area contributed by atoms with Crippen molar-refractivity contribution < 1.29 is 19.4 Å². The van der Waals surface area contributed by atoms with E-state index in [1.807, 2.05) is 0 Å². The van der Waals surface area contributed by atoms with Gasteiger partial charge in [0.25, 0.3) is 0 Å². The maximum absolute atomic E-state index is 12.6. The number of unbranched alkanes of at least 4 members (excludes halogenated alkanes) is 27. The Labute approximate surface area is 311 Å². The van der Waals surface area contributed by atoms with E-state index in [1.54, 1.807) is 0 Å². The fraction of sp³-hybridized carbons (Fsp3) is 0.826. The number of allylic oxidation sites excluding steroid dienone is 5. The molecule has 50 heavy (non-hydrogen) atoms. The predicted molar refractivity (Wildman–Crippen MR) is 218 cm³/mol. The summed E-state index contributed by atoms with van der Waals surface area (Å²) in [5, 5.41) is 8.78. The van der Waals surface area contributed by atoms with Gasteiger partial charge in [0, 0.05) is 12.8 Å². The van der Waals surface area contributed by atoms with E-state index in [-0.39, 0.29) is 18.5 Å². The van der Waals surface area contributed by atoms with Gasteiger partial charge in [0.2, 0.25) is 0 Å². The Hall–Kier alpha value is -1.84. The SMILES string of the molecule is CCCCC/C=C\C/C=C\C(CCCCCCCCC(=O)O)OC(=O)CCCCCCCCCCCCC/C=C\CCCCCCCCCC. The summed E-state index contributed by atoms with van der Waals surface area (Å²) in [7, 11) is 0. The smallest absolute Gasteiger partial charge is 0.306 e. The highest BCUT2D eigenvalue weighted by molar-refractivity contribution is 5.69. The molecule has 1 atom stereocenters. The molecule has 0 aromatic heterocycles. The predicted octanol–water partition coefficient (Wildman–Crippen LogP) is 15.3. The zero-order chi connectivity index (χ0) is 36.4. The standard InChI is InChI=1S/C46H84O4/c1-3-5-7-9-11-13-14-15-16-17-18-19-20-21-22-23-24-25-26-27-29-35-39-43-46(49)50-44(40-36-32-28-12-10-8-6-4-2)41-37-33-30-31-34-38-42-45(47)48/h12,17-18,28,36,40,44H,3-11,13-16,19-27,29-35,37-39,41-43H2,1-2H3,(H,47,48)/b18-17-,28-12-,40-36-. The van der Waals surface area contributed by atoms with Gasteiger partial charge in [0.15, 0.2) is 0 Å². The van der Waals surface area contributed by atoms with Crippen molar-refractivity contribution >= 4 is 11.9 Å². The van der Waals surface area contributed by atoms with Crippen LogP contribution in [0.3, 0.4) is 0 Å². The molecule has 1 unspecified atom stereocenters. The van der Waals surface area contributed by atoms with Crippen molar-refractivity contribution in [2.75, 3.05) is 0 Å². The van der Waals surface area contributed by atoms with Crippen LogP contribution in [0.25, 0.3) is 0 Å². The van der Waals surface area contributed by atoms with E-state index in [9.17, 15) is 9.59 Å². The Morgan fingerprint density at radius 1 is 0.460 bits per heavy atom. The maximum Gasteiger partial charge on any atom is 0.306 e. The molecule has 1 N–H and O–H groups in total. The number of carbonyl (C=O) groups is 2. The Morgan fingerprint density at radius 3 is 1.34 bits per heavy atom. The molecule has 4 heteroatoms. The number of aliphatic carboxylic acids is 1. The second-order valence-electron chi connectivity index (χ2n) is 14.9. The van der Waals surface area contributed by atoms with E-state index < -0.39 is 5.97 Å². The molecule has 0 bridgehead atoms. The molecule has 0 aliphatic rings. The zero-order valence-electron chi connectivity index (χ0n) is 33.5. The van der Waals surface area contributed by atoms with Crippen LogP contribution in [0.5, 0.6) is 0 Å². The number of hydrogen-bond acceptors (Lipinski definition) is 3. The van der Waals surface area contributed by atoms with Gasteiger partial charge in [-0.3, -0.25) is 9.59 Å². The fourth-order valence-corrected chi connectivity index (χ4v) is 6.54. The van der Waals surface area contributed by atoms with Gasteiger partial charge in [-0.2, -0.15) is 0 Å². The normalized spacial score (nSPS) is 12.5. The Morgan fingerprint density at radius 2 is 0.840 bits per heavy atom. The van der Waals surface area contributed by atoms with Gasteiger partial charge in [0.05, 0.1) is 0 Å². The lowest BCUT2D eigenvalue weighted by atomic mass is 10.0. The minimum atomic E-state index is -0.702. The highest BCUT2D eigenvalue weighted by Gasteiger charge is 2.11. The van der Waals surface area contributed by atoms with Crippen molar-refractivity contribution in [3.05, 3.63) is 36.5 Å². The van der Waals surface area contributed by atoms with Crippen molar-refractivity contribution in [2.45, 2.75) is 245 Å². The zero-order valence-corrected chi connectivity index (χ0v) is 33.5. The summed E-state index contributed by atoms with van der Waals surface area (Å²) in [6.45, 7) is 4.52. The number of esters is 1. The summed E-state index contributed by atoms with van der Waals surface area (Å²) in [4.78, 5) is 23.3. The third-order valence-corrected chi connectivity index (χ3v) is 9.82. The number of hydrogen-bond donors (Lipinski definition) is 1. The summed E-state index contributed by atoms with van der Waals surface area (Å²) in [6, 6.07) is 0. The van der Waals surface area contributed by atoms with Gasteiger partial charge in [-0.05, 0) is 76.7 Å². The summed E-state index contributed by atoms with van der Waals surface area (Å²) in [5.41, 5.74) is 0. The lowest BCUT2D eigenvalue weighted by molar-refractivity contribution is -0.147. The first-order valence-electron chi connectivity index (χ1n) is 22.0. The average molecular weight is 701 g/mol. The van der Waals surface area contributed by atoms with Gasteiger partial charge in [-0.1, -0.05) is 185 Å². The van der Waals surface area contributed by atoms with Crippen LogP contribution < -0.4 is 0 Å². The Bertz CT molecular complexity index is 798. The van der Waals surface area contributed by atoms with Crippen LogP contribution >= 0.6 is 0 Å². The lowest BCUT2D eigenvalue weighted by Crippen LogP contribution is -2.16. The van der Waals surface area contributed by atoms with E-state index in [0.29, 0.717) is 6.42 Å². The first-order valence-corrected chi connectivity index (χ1v) is 22.0. The molecule has 0 heterocycles. The highest BCUT2D eigenvalue weighted by Crippen LogP contribution is 2.16. The Kier molecular flexibility index (Phi) is 40.0. The molecular formula is C46H84O4. The molecular weight excluding hydrogens is 617 g/mol. The third kappa shape index (κ3) is 40.6. The number of carboxylic acids is 1. The molecule has 0 aromatic carbocycles. The molecule has 0 saturated carbocycles. The number of ether oxygens (including phenoxy) is 1.